The number of hydrogen-bond donors (Lipinski definition) is 1. The van der Waals surface area contributed by atoms with Crippen molar-refractivity contribution in [3.05, 3.63) is 66.8 Å². The summed E-state index contributed by atoms with van der Waals surface area (Å²) in [6.45, 7) is 0. The normalized spacial score (nSPS) is 7.69. The number of aromatic nitrogens is 1. The summed E-state index contributed by atoms with van der Waals surface area (Å²) >= 11 is 0. The summed E-state index contributed by atoms with van der Waals surface area (Å²) in [7, 11) is 0. The van der Waals surface area contributed by atoms with E-state index in [4.69, 9.17) is 12.2 Å². The van der Waals surface area contributed by atoms with Gasteiger partial charge in [0.1, 0.15) is 0 Å². The molecule has 0 aliphatic rings. The van der Waals surface area contributed by atoms with Crippen LogP contribution in [0.1, 0.15) is 5.56 Å². The third kappa shape index (κ3) is 6.05. The first-order valence-electron chi connectivity index (χ1n) is 4.46. The molecule has 0 saturated carbocycles. The molecule has 0 aliphatic heterocycles. The third-order valence-corrected chi connectivity index (χ3v) is 1.62. The summed E-state index contributed by atoms with van der Waals surface area (Å²) in [5.74, 6) is 2.28. The second-order valence-electron chi connectivity index (χ2n) is 2.77. The molecule has 1 aromatic heterocycles. The Kier molecular flexibility index (Phi) is 7.92. The Balaban J connectivity index is 0.000000267. The van der Waals surface area contributed by atoms with E-state index < -0.39 is 0 Å². The van der Waals surface area contributed by atoms with Gasteiger partial charge in [-0.2, -0.15) is 0 Å². The van der Waals surface area contributed by atoms with Crippen LogP contribution in [0.25, 0.3) is 0 Å². The van der Waals surface area contributed by atoms with E-state index in [1.807, 2.05) is 30.3 Å². The molecule has 2 rings (SSSR count). The largest absolute Gasteiger partial charge is 1.00 e. The predicted molar refractivity (Wildman–Crippen MR) is 61.3 cm³/mol. The van der Waals surface area contributed by atoms with Gasteiger partial charge in [-0.3, -0.25) is 10.9 Å². The average Bonchev–Trinajstić information content (AvgIpc) is 2.32. The maximum absolute atomic E-state index is 6.69. The van der Waals surface area contributed by atoms with Crippen molar-refractivity contribution in [2.45, 2.75) is 0 Å². The molecule has 1 aromatic carbocycles. The van der Waals surface area contributed by atoms with Gasteiger partial charge in [-0.25, -0.2) is 0 Å². The molecule has 0 unspecified atom stereocenters. The van der Waals surface area contributed by atoms with Gasteiger partial charge < -0.3 is 12.2 Å². The zero-order chi connectivity index (χ0) is 10.9. The molecule has 0 aliphatic carbocycles. The van der Waals surface area contributed by atoms with Crippen molar-refractivity contribution in [1.82, 2.24) is 4.98 Å². The predicted octanol–water partition coefficient (Wildman–Crippen LogP) is 2.29. The Morgan fingerprint density at radius 3 is 1.88 bits per heavy atom. The van der Waals surface area contributed by atoms with E-state index in [0.717, 1.165) is 11.3 Å². The van der Waals surface area contributed by atoms with E-state index in [0.29, 0.717) is 0 Å². The van der Waals surface area contributed by atoms with Crippen molar-refractivity contribution in [1.29, 1.82) is 0 Å². The Hall–Kier alpha value is -1.53. The van der Waals surface area contributed by atoms with Gasteiger partial charge in [-0.05, 0) is 12.1 Å². The van der Waals surface area contributed by atoms with E-state index in [1.165, 1.54) is 0 Å². The Morgan fingerprint density at radius 2 is 1.56 bits per heavy atom. The smallest absolute Gasteiger partial charge is 0.399 e. The number of rotatable bonds is 0. The first-order chi connectivity index (χ1) is 7.33. The van der Waals surface area contributed by atoms with Gasteiger partial charge in [-0.15, -0.1) is 17.7 Å². The molecule has 0 radical (unpaired) electrons. The number of nitrogen functional groups attached to an aromatic ring is 1. The molecular formula is C13H11AuN2. The number of benzene rings is 1. The standard InChI is InChI=1S/C8H5.C5H6N2.Au/c1-2-8-6-4-3-5-7-8;6-5-1-3-7-4-2-5;/h3-7H;1-4H,(H2,6,7);/q-1;;+1. The maximum Gasteiger partial charge on any atom is 1.00 e. The number of nitrogens with two attached hydrogens (primary N) is 1. The fourth-order valence-corrected chi connectivity index (χ4v) is 0.885. The van der Waals surface area contributed by atoms with Crippen LogP contribution in [0.4, 0.5) is 5.69 Å². The minimum atomic E-state index is 0. The fraction of sp³-hybridized carbons (Fsp3) is 0. The molecule has 16 heavy (non-hydrogen) atoms. The van der Waals surface area contributed by atoms with Gasteiger partial charge in [0.2, 0.25) is 0 Å². The van der Waals surface area contributed by atoms with E-state index in [1.54, 1.807) is 24.5 Å². The van der Waals surface area contributed by atoms with Gasteiger partial charge >= 0.3 is 22.4 Å². The van der Waals surface area contributed by atoms with Gasteiger partial charge in [0.15, 0.2) is 0 Å². The van der Waals surface area contributed by atoms with E-state index in [9.17, 15) is 0 Å². The van der Waals surface area contributed by atoms with Gasteiger partial charge in [0.25, 0.3) is 0 Å². The van der Waals surface area contributed by atoms with Crippen LogP contribution in [0.5, 0.6) is 0 Å². The third-order valence-electron chi connectivity index (χ3n) is 1.62. The van der Waals surface area contributed by atoms with Crippen LogP contribution in [0.15, 0.2) is 54.9 Å². The van der Waals surface area contributed by atoms with Crippen LogP contribution in [-0.2, 0) is 22.4 Å². The van der Waals surface area contributed by atoms with Gasteiger partial charge in [0, 0.05) is 18.1 Å². The number of anilines is 1. The zero-order valence-electron chi connectivity index (χ0n) is 8.52. The van der Waals surface area contributed by atoms with Crippen LogP contribution in [0.2, 0.25) is 0 Å². The summed E-state index contributed by atoms with van der Waals surface area (Å²) in [6, 6.07) is 12.9. The van der Waals surface area contributed by atoms with Gasteiger partial charge in [0.05, 0.1) is 0 Å². The Labute approximate surface area is 111 Å². The first-order valence-corrected chi connectivity index (χ1v) is 4.46. The molecule has 0 bridgehead atoms. The summed E-state index contributed by atoms with van der Waals surface area (Å²) in [5, 5.41) is 0. The summed E-state index contributed by atoms with van der Waals surface area (Å²) in [6.07, 6.45) is 10.0. The maximum atomic E-state index is 6.69. The molecule has 1 heterocycles. The minimum absolute atomic E-state index is 0. The van der Waals surface area contributed by atoms with E-state index in [-0.39, 0.29) is 22.4 Å². The fourth-order valence-electron chi connectivity index (χ4n) is 0.885. The molecule has 0 spiro atoms. The second-order valence-corrected chi connectivity index (χ2v) is 2.77. The molecule has 84 valence electrons. The van der Waals surface area contributed by atoms with Crippen LogP contribution in [-0.4, -0.2) is 4.98 Å². The molecule has 0 amide bonds. The molecule has 2 aromatic rings. The molecule has 2 N–H and O–H groups in total. The summed E-state index contributed by atoms with van der Waals surface area (Å²) < 4.78 is 0. The summed E-state index contributed by atoms with van der Waals surface area (Å²) in [4.78, 5) is 3.77. The van der Waals surface area contributed by atoms with E-state index in [2.05, 4.69) is 10.9 Å². The van der Waals surface area contributed by atoms with Crippen LogP contribution < -0.4 is 5.73 Å². The van der Waals surface area contributed by atoms with Gasteiger partial charge in [-0.1, -0.05) is 18.2 Å². The molecule has 0 saturated heterocycles. The SMILES string of the molecule is Nc1ccncc1.[Au+].[C-]#Cc1ccccc1. The molecule has 0 atom stereocenters. The quantitative estimate of drug-likeness (QED) is 0.425. The molecule has 3 heteroatoms. The van der Waals surface area contributed by atoms with Crippen molar-refractivity contribution >= 4 is 5.69 Å². The Bertz CT molecular complexity index is 421. The molecule has 0 fully saturated rings. The van der Waals surface area contributed by atoms with Crippen molar-refractivity contribution in [2.75, 3.05) is 5.73 Å². The number of hydrogen-bond acceptors (Lipinski definition) is 2. The van der Waals surface area contributed by atoms with Crippen LogP contribution in [0.3, 0.4) is 0 Å². The molecule has 2 nitrogen and oxygen atoms in total. The Morgan fingerprint density at radius 1 is 1.00 bits per heavy atom. The van der Waals surface area contributed by atoms with Crippen molar-refractivity contribution < 1.29 is 22.4 Å². The zero-order valence-corrected chi connectivity index (χ0v) is 10.7. The summed E-state index contributed by atoms with van der Waals surface area (Å²) in [5.41, 5.74) is 6.90. The first kappa shape index (κ1) is 14.5. The van der Waals surface area contributed by atoms with Crippen molar-refractivity contribution in [3.8, 4) is 5.92 Å². The van der Waals surface area contributed by atoms with E-state index >= 15 is 0 Å². The van der Waals surface area contributed by atoms with Crippen LogP contribution >= 0.6 is 0 Å². The second kappa shape index (κ2) is 8.75. The number of nitrogens with zero attached hydrogens (tertiary/aromatic N) is 1. The average molecular weight is 392 g/mol. The van der Waals surface area contributed by atoms with Crippen molar-refractivity contribution in [3.63, 3.8) is 0 Å². The minimum Gasteiger partial charge on any atom is -0.399 e. The topological polar surface area (TPSA) is 38.9 Å². The van der Waals surface area contributed by atoms with Crippen molar-refractivity contribution in [2.24, 2.45) is 0 Å². The molecular weight excluding hydrogens is 381 g/mol. The van der Waals surface area contributed by atoms with Crippen LogP contribution in [0, 0.1) is 12.3 Å². The monoisotopic (exact) mass is 392 g/mol. The number of pyridine rings is 1.